The first-order valence-corrected chi connectivity index (χ1v) is 36.8. The van der Waals surface area contributed by atoms with Crippen LogP contribution in [0.25, 0.3) is 43.8 Å². The van der Waals surface area contributed by atoms with Crippen LogP contribution in [0, 0.1) is 0 Å². The van der Waals surface area contributed by atoms with Gasteiger partial charge in [0.2, 0.25) is 23.0 Å². The second-order valence-electron chi connectivity index (χ2n) is 27.9. The van der Waals surface area contributed by atoms with Crippen molar-refractivity contribution in [2.24, 2.45) is 0 Å². The van der Waals surface area contributed by atoms with Gasteiger partial charge in [-0.15, -0.1) is 0 Å². The Bertz CT molecular complexity index is 4990. The van der Waals surface area contributed by atoms with Crippen LogP contribution in [0.4, 0.5) is 17.1 Å². The van der Waals surface area contributed by atoms with Gasteiger partial charge in [0.25, 0.3) is 0 Å². The molecular weight excluding hydrogens is 1450 g/mol. The van der Waals surface area contributed by atoms with Gasteiger partial charge in [0.15, 0.2) is 5.75 Å². The summed E-state index contributed by atoms with van der Waals surface area (Å²) in [6.45, 7) is 19.2. The highest BCUT2D eigenvalue weighted by Gasteiger charge is 2.52. The average molecular weight is 1530 g/mol. The number of carbonyl (C=O) groups is 3. The van der Waals surface area contributed by atoms with Crippen molar-refractivity contribution in [1.82, 2.24) is 49.5 Å². The number of hydrogen-bond acceptors (Lipinski definition) is 16. The number of hydrogen-bond donors (Lipinski definition) is 1. The number of phenols is 1. The second-order valence-corrected chi connectivity index (χ2v) is 29.9. The summed E-state index contributed by atoms with van der Waals surface area (Å²) in [6.07, 6.45) is 23.1. The fourth-order valence-electron chi connectivity index (χ4n) is 13.4. The van der Waals surface area contributed by atoms with Crippen LogP contribution in [-0.4, -0.2) is 109 Å². The Kier molecular flexibility index (Phi) is 21.2. The van der Waals surface area contributed by atoms with Gasteiger partial charge in [-0.3, -0.25) is 23.7 Å². The lowest BCUT2D eigenvalue weighted by molar-refractivity contribution is -0.117. The first kappa shape index (κ1) is 72.2. The van der Waals surface area contributed by atoms with Crippen LogP contribution in [0.3, 0.4) is 0 Å². The van der Waals surface area contributed by atoms with Crippen molar-refractivity contribution in [2.75, 3.05) is 14.7 Å². The number of para-hydroxylation sites is 3. The van der Waals surface area contributed by atoms with Crippen molar-refractivity contribution in [3.05, 3.63) is 183 Å². The van der Waals surface area contributed by atoms with Crippen LogP contribution in [0.5, 0.6) is 29.3 Å². The Morgan fingerprint density at radius 3 is 1.44 bits per heavy atom. The molecule has 25 heteroatoms. The minimum Gasteiger partial charge on any atom is -0.506 e. The lowest BCUT2D eigenvalue weighted by atomic mass is 9.82. The highest BCUT2D eigenvalue weighted by Crippen LogP contribution is 2.47. The fraction of sp³-hybridized carbons (Fsp3) is 0.346. The third-order valence-electron chi connectivity index (χ3n) is 19.9. The quantitative estimate of drug-likeness (QED) is 0.110. The van der Waals surface area contributed by atoms with E-state index in [-0.39, 0.29) is 59.9 Å². The molecule has 2 saturated carbocycles. The number of amides is 3. The largest absolute Gasteiger partial charge is 0.506 e. The molecule has 3 amide bonds. The van der Waals surface area contributed by atoms with E-state index in [2.05, 4.69) is 126 Å². The van der Waals surface area contributed by atoms with Gasteiger partial charge in [0, 0.05) is 126 Å². The van der Waals surface area contributed by atoms with E-state index in [1.54, 1.807) is 50.3 Å². The zero-order valence-corrected chi connectivity index (χ0v) is 63.1. The van der Waals surface area contributed by atoms with Gasteiger partial charge in [0.05, 0.1) is 72.0 Å². The van der Waals surface area contributed by atoms with Crippen LogP contribution < -0.4 is 29.6 Å². The molecule has 11 aromatic rings. The molecule has 3 atom stereocenters. The molecule has 0 radical (unpaired) electrons. The SMILES string of the molecule is CC(=O)N1c2ccc(-c3cnn(C4CC4)c3)c(Oc3ncc4ccccc4n3)c2CC[C@@H]1C.CC(=O)N1c2ccc(Br)c(O)c2CC[C@@H]1C.CC(=O)N1c2ccc(Br)c(Oc3ncc4ccccc4n3)c2CC[C@@H]1C.CC1(C)OB(c2cnn(C3CC3)c2)OC1(C)C.Clc1ncc2ccccc2n1. The molecule has 2 aliphatic carbocycles. The van der Waals surface area contributed by atoms with Gasteiger partial charge in [-0.2, -0.15) is 20.2 Å². The molecule has 21 nitrogen and oxygen atoms in total. The summed E-state index contributed by atoms with van der Waals surface area (Å²) in [5, 5.41) is 22.1. The summed E-state index contributed by atoms with van der Waals surface area (Å²) in [5.74, 6) is 1.73. The number of ether oxygens (including phenoxy) is 2. The van der Waals surface area contributed by atoms with Gasteiger partial charge in [0.1, 0.15) is 11.5 Å². The number of anilines is 3. The molecule has 6 aliphatic rings. The summed E-state index contributed by atoms with van der Waals surface area (Å²) in [7, 11) is -0.285. The standard InChI is InChI=1S/C26H25N5O2.C20H18BrN3O2.C12H19BN2O2.C12H14BrNO2.C8H5ClN2/c1-16-7-10-22-24(31(16)17(2)32)12-11-21(19-14-28-30(15-19)20-8-9-20)25(22)33-26-27-13-18-5-3-4-6-23(18)29-26;1-12-7-8-15-18(24(12)13(2)25)10-9-16(21)19(15)26-20-22-11-14-5-3-4-6-17(14)23-20;1-11(2)12(3,4)17-13(16-11)9-7-14-15(8-9)10-5-6-10;1-7-3-4-9-11(14(7)8(2)15)6-5-10(13)12(9)16;9-8-10-5-6-3-1-2-4-7(6)11-8/h3-6,11-16,20H,7-10H2,1-2H3;3-6,9-12H,7-8H2,1-2H3;7-8,10H,5-6H2,1-4H3;5-7,16H,3-4H2,1-2H3;1-5H/t16-;12-;;7-;/m00.0./s1. The lowest BCUT2D eigenvalue weighted by Crippen LogP contribution is -2.41. The minimum atomic E-state index is -0.285. The van der Waals surface area contributed by atoms with Crippen molar-refractivity contribution in [3.8, 4) is 40.4 Å². The van der Waals surface area contributed by atoms with E-state index in [9.17, 15) is 19.5 Å². The number of aromatic nitrogens is 10. The van der Waals surface area contributed by atoms with E-state index < -0.39 is 0 Å². The summed E-state index contributed by atoms with van der Waals surface area (Å²) in [4.78, 5) is 67.5. The van der Waals surface area contributed by atoms with E-state index >= 15 is 0 Å². The molecule has 1 saturated heterocycles. The molecule has 0 spiro atoms. The molecule has 3 fully saturated rings. The maximum Gasteiger partial charge on any atom is 0.498 e. The van der Waals surface area contributed by atoms with Crippen LogP contribution >= 0.6 is 43.5 Å². The fourth-order valence-corrected chi connectivity index (χ4v) is 14.4. The molecule has 9 heterocycles. The van der Waals surface area contributed by atoms with E-state index in [0.717, 1.165) is 126 Å². The van der Waals surface area contributed by atoms with Gasteiger partial charge in [-0.1, -0.05) is 54.6 Å². The Hall–Kier alpha value is -9.20. The predicted molar refractivity (Wildman–Crippen MR) is 409 cm³/mol. The smallest absolute Gasteiger partial charge is 0.498 e. The Morgan fingerprint density at radius 1 is 0.515 bits per heavy atom. The highest BCUT2D eigenvalue weighted by molar-refractivity contribution is 9.11. The van der Waals surface area contributed by atoms with Crippen molar-refractivity contribution in [1.29, 1.82) is 0 Å². The van der Waals surface area contributed by atoms with Crippen molar-refractivity contribution in [2.45, 2.75) is 175 Å². The lowest BCUT2D eigenvalue weighted by Gasteiger charge is -2.35. The van der Waals surface area contributed by atoms with E-state index in [4.69, 9.17) is 30.4 Å². The van der Waals surface area contributed by atoms with Crippen LogP contribution in [0.1, 0.15) is 143 Å². The van der Waals surface area contributed by atoms with Crippen LogP contribution in [0.15, 0.2) is 162 Å². The van der Waals surface area contributed by atoms with Crippen molar-refractivity contribution >= 4 is 124 Å². The van der Waals surface area contributed by atoms with Gasteiger partial charge >= 0.3 is 19.1 Å². The topological polar surface area (TPSA) is 231 Å². The molecule has 530 valence electrons. The van der Waals surface area contributed by atoms with Gasteiger partial charge < -0.3 is 38.6 Å². The Morgan fingerprint density at radius 2 is 0.932 bits per heavy atom. The maximum absolute atomic E-state index is 12.5. The van der Waals surface area contributed by atoms with Crippen LogP contribution in [-0.2, 0) is 43.0 Å². The molecule has 17 rings (SSSR count). The predicted octanol–water partition coefficient (Wildman–Crippen LogP) is 16.8. The number of nitrogens with zero attached hydrogens (tertiary/aromatic N) is 13. The summed E-state index contributed by atoms with van der Waals surface area (Å²) < 4.78 is 30.0. The molecular formula is C78H81BBr2ClN13O8. The third-order valence-corrected chi connectivity index (χ3v) is 21.3. The maximum atomic E-state index is 12.5. The zero-order chi connectivity index (χ0) is 72.6. The summed E-state index contributed by atoms with van der Waals surface area (Å²) in [6, 6.07) is 37.1. The van der Waals surface area contributed by atoms with Crippen molar-refractivity contribution < 1.29 is 38.3 Å². The van der Waals surface area contributed by atoms with E-state index in [1.165, 1.54) is 25.7 Å². The number of fused-ring (bicyclic) bond motifs is 6. The van der Waals surface area contributed by atoms with E-state index in [0.29, 0.717) is 45.4 Å². The number of aromatic hydroxyl groups is 1. The van der Waals surface area contributed by atoms with Crippen molar-refractivity contribution in [3.63, 3.8) is 0 Å². The molecule has 5 aromatic heterocycles. The zero-order valence-electron chi connectivity index (χ0n) is 59.2. The molecule has 6 aromatic carbocycles. The number of benzene rings is 6. The normalized spacial score (nSPS) is 18.3. The summed E-state index contributed by atoms with van der Waals surface area (Å²) in [5.41, 5.74) is 10.5. The van der Waals surface area contributed by atoms with Gasteiger partial charge in [-0.05, 0) is 211 Å². The first-order valence-electron chi connectivity index (χ1n) is 34.9. The second kappa shape index (κ2) is 30.2. The van der Waals surface area contributed by atoms with E-state index in [1.807, 2.05) is 142 Å². The van der Waals surface area contributed by atoms with Crippen LogP contribution in [0.2, 0.25) is 5.28 Å². The first-order chi connectivity index (χ1) is 49.4. The number of carbonyl (C=O) groups excluding carboxylic acids is 3. The highest BCUT2D eigenvalue weighted by atomic mass is 79.9. The molecule has 4 aliphatic heterocycles. The molecule has 0 unspecified atom stereocenters. The Balaban J connectivity index is 0.000000120. The monoisotopic (exact) mass is 1530 g/mol. The molecule has 103 heavy (non-hydrogen) atoms. The minimum absolute atomic E-state index is 0.0233. The van der Waals surface area contributed by atoms with Gasteiger partial charge in [-0.25, -0.2) is 19.9 Å². The summed E-state index contributed by atoms with van der Waals surface area (Å²) >= 11 is 12.5. The number of phenolic OH excluding ortho intramolecular Hbond substituents is 1. The third kappa shape index (κ3) is 15.8. The number of rotatable bonds is 8. The Labute approximate surface area is 620 Å². The number of halogens is 3. The molecule has 1 N–H and O–H groups in total. The average Bonchev–Trinajstić information content (AvgIpc) is 1.76. The molecule has 0 bridgehead atoms.